The first-order valence-electron chi connectivity index (χ1n) is 7.56. The lowest BCUT2D eigenvalue weighted by molar-refractivity contribution is -0.141. The van der Waals surface area contributed by atoms with E-state index in [0.29, 0.717) is 6.42 Å². The Balaban J connectivity index is 4.79. The smallest absolute Gasteiger partial charge is 0.327 e. The lowest BCUT2D eigenvalue weighted by Crippen LogP contribution is -2.55. The summed E-state index contributed by atoms with van der Waals surface area (Å²) in [6.07, 6.45) is 0.375. The van der Waals surface area contributed by atoms with Crippen LogP contribution in [0.25, 0.3) is 0 Å². The van der Waals surface area contributed by atoms with Crippen LogP contribution in [0.2, 0.25) is 0 Å². The highest BCUT2D eigenvalue weighted by molar-refractivity contribution is 7.80. The average molecular weight is 362 g/mol. The molecule has 0 radical (unpaired) electrons. The highest BCUT2D eigenvalue weighted by atomic mass is 32.1. The normalized spacial score (nSPS) is 14.4. The summed E-state index contributed by atoms with van der Waals surface area (Å²) in [5.74, 6) is -2.84. The summed E-state index contributed by atoms with van der Waals surface area (Å²) in [5, 5.41) is 16.1. The Labute approximate surface area is 146 Å². The number of rotatable bonds is 10. The highest BCUT2D eigenvalue weighted by Crippen LogP contribution is 2.05. The minimum absolute atomic E-state index is 0.0791. The quantitative estimate of drug-likeness (QED) is 0.260. The Morgan fingerprint density at radius 3 is 2.00 bits per heavy atom. The molecule has 0 aliphatic heterocycles. The monoisotopic (exact) mass is 362 g/mol. The molecule has 0 saturated heterocycles. The Bertz CT molecular complexity index is 472. The molecular formula is C14H26N4O5S. The molecule has 0 fully saturated rings. The Morgan fingerprint density at radius 2 is 1.58 bits per heavy atom. The molecule has 138 valence electrons. The number of carboxylic acid groups (broad SMARTS) is 1. The number of hydrogen-bond acceptors (Lipinski definition) is 6. The van der Waals surface area contributed by atoms with E-state index in [1.165, 1.54) is 6.92 Å². The van der Waals surface area contributed by atoms with Crippen LogP contribution >= 0.6 is 12.6 Å². The SMILES string of the molecule is CC(C)CC(NC(=O)CN)C(=O)NC(C)C(=O)NC(CS)C(=O)O. The molecular weight excluding hydrogens is 336 g/mol. The first kappa shape index (κ1) is 22.2. The standard InChI is InChI=1S/C14H26N4O5S/c1-7(2)4-9(17-11(19)5-15)13(21)16-8(3)12(20)18-10(6-24)14(22)23/h7-10,24H,4-6,15H2,1-3H3,(H,16,21)(H,17,19)(H,18,20)(H,22,23). The van der Waals surface area contributed by atoms with Gasteiger partial charge in [0, 0.05) is 5.75 Å². The number of carbonyl (C=O) groups is 4. The first-order chi connectivity index (χ1) is 11.1. The van der Waals surface area contributed by atoms with Crippen molar-refractivity contribution < 1.29 is 24.3 Å². The van der Waals surface area contributed by atoms with Gasteiger partial charge in [-0.2, -0.15) is 12.6 Å². The van der Waals surface area contributed by atoms with Crippen LogP contribution in [0.3, 0.4) is 0 Å². The zero-order valence-electron chi connectivity index (χ0n) is 14.0. The second-order valence-corrected chi connectivity index (χ2v) is 6.13. The van der Waals surface area contributed by atoms with E-state index in [1.807, 2.05) is 13.8 Å². The van der Waals surface area contributed by atoms with E-state index >= 15 is 0 Å². The number of hydrogen-bond donors (Lipinski definition) is 6. The van der Waals surface area contributed by atoms with Crippen molar-refractivity contribution in [1.82, 2.24) is 16.0 Å². The van der Waals surface area contributed by atoms with E-state index in [0.717, 1.165) is 0 Å². The molecule has 3 unspecified atom stereocenters. The van der Waals surface area contributed by atoms with Crippen molar-refractivity contribution in [3.05, 3.63) is 0 Å². The summed E-state index contributed by atoms with van der Waals surface area (Å²) in [6.45, 7) is 4.94. The molecule has 3 atom stereocenters. The van der Waals surface area contributed by atoms with Gasteiger partial charge in [-0.3, -0.25) is 14.4 Å². The minimum atomic E-state index is -1.22. The summed E-state index contributed by atoms with van der Waals surface area (Å²) < 4.78 is 0. The van der Waals surface area contributed by atoms with Gasteiger partial charge in [0.25, 0.3) is 0 Å². The van der Waals surface area contributed by atoms with Crippen LogP contribution in [0, 0.1) is 5.92 Å². The molecule has 3 amide bonds. The summed E-state index contributed by atoms with van der Waals surface area (Å²) in [6, 6.07) is -2.94. The maximum absolute atomic E-state index is 12.3. The van der Waals surface area contributed by atoms with Gasteiger partial charge in [0.15, 0.2) is 0 Å². The number of thiol groups is 1. The fourth-order valence-electron chi connectivity index (χ4n) is 1.82. The van der Waals surface area contributed by atoms with Gasteiger partial charge >= 0.3 is 5.97 Å². The molecule has 0 saturated carbocycles. The summed E-state index contributed by atoms with van der Waals surface area (Å²) in [7, 11) is 0. The van der Waals surface area contributed by atoms with E-state index in [1.54, 1.807) is 0 Å². The van der Waals surface area contributed by atoms with E-state index in [-0.39, 0.29) is 18.2 Å². The van der Waals surface area contributed by atoms with E-state index in [9.17, 15) is 19.2 Å². The molecule has 0 aliphatic rings. The summed E-state index contributed by atoms with van der Waals surface area (Å²) in [5.41, 5.74) is 5.23. The third-order valence-electron chi connectivity index (χ3n) is 3.09. The zero-order chi connectivity index (χ0) is 18.9. The van der Waals surface area contributed by atoms with Gasteiger partial charge in [0.2, 0.25) is 17.7 Å². The van der Waals surface area contributed by atoms with Gasteiger partial charge in [0.1, 0.15) is 18.1 Å². The molecule has 6 N–H and O–H groups in total. The number of nitrogens with one attached hydrogen (secondary N) is 3. The number of aliphatic carboxylic acids is 1. The average Bonchev–Trinajstić information content (AvgIpc) is 2.50. The fraction of sp³-hybridized carbons (Fsp3) is 0.714. The molecule has 0 aromatic heterocycles. The van der Waals surface area contributed by atoms with Crippen LogP contribution in [0.15, 0.2) is 0 Å². The second-order valence-electron chi connectivity index (χ2n) is 5.77. The number of carboxylic acids is 1. The van der Waals surface area contributed by atoms with E-state index in [2.05, 4.69) is 28.6 Å². The van der Waals surface area contributed by atoms with Crippen LogP contribution in [0.5, 0.6) is 0 Å². The van der Waals surface area contributed by atoms with Crippen molar-refractivity contribution in [2.75, 3.05) is 12.3 Å². The topological polar surface area (TPSA) is 151 Å². The largest absolute Gasteiger partial charge is 0.480 e. The molecule has 0 aromatic carbocycles. The third-order valence-corrected chi connectivity index (χ3v) is 3.46. The van der Waals surface area contributed by atoms with Gasteiger partial charge in [-0.05, 0) is 19.3 Å². The first-order valence-corrected chi connectivity index (χ1v) is 8.19. The van der Waals surface area contributed by atoms with Crippen LogP contribution < -0.4 is 21.7 Å². The van der Waals surface area contributed by atoms with Crippen molar-refractivity contribution in [3.8, 4) is 0 Å². The zero-order valence-corrected chi connectivity index (χ0v) is 14.9. The number of amides is 3. The van der Waals surface area contributed by atoms with Crippen LogP contribution in [0.1, 0.15) is 27.2 Å². The van der Waals surface area contributed by atoms with Crippen molar-refractivity contribution in [2.45, 2.75) is 45.3 Å². The van der Waals surface area contributed by atoms with Crippen LogP contribution in [-0.4, -0.2) is 59.2 Å². The summed E-state index contributed by atoms with van der Waals surface area (Å²) in [4.78, 5) is 46.5. The minimum Gasteiger partial charge on any atom is -0.480 e. The van der Waals surface area contributed by atoms with Crippen molar-refractivity contribution in [3.63, 3.8) is 0 Å². The molecule has 0 rings (SSSR count). The Kier molecular flexibility index (Phi) is 10.0. The molecule has 24 heavy (non-hydrogen) atoms. The summed E-state index contributed by atoms with van der Waals surface area (Å²) >= 11 is 3.84. The third kappa shape index (κ3) is 8.16. The second kappa shape index (κ2) is 10.9. The van der Waals surface area contributed by atoms with Gasteiger partial charge in [0.05, 0.1) is 6.54 Å². The van der Waals surface area contributed by atoms with Gasteiger partial charge in [-0.25, -0.2) is 4.79 Å². The molecule has 0 aliphatic carbocycles. The van der Waals surface area contributed by atoms with Crippen LogP contribution in [-0.2, 0) is 19.2 Å². The molecule has 0 bridgehead atoms. The van der Waals surface area contributed by atoms with E-state index < -0.39 is 41.8 Å². The molecule has 0 spiro atoms. The van der Waals surface area contributed by atoms with Crippen molar-refractivity contribution in [2.24, 2.45) is 11.7 Å². The predicted octanol–water partition coefficient (Wildman–Crippen LogP) is -1.52. The van der Waals surface area contributed by atoms with Crippen LogP contribution in [0.4, 0.5) is 0 Å². The van der Waals surface area contributed by atoms with Crippen molar-refractivity contribution in [1.29, 1.82) is 0 Å². The Hall–Kier alpha value is -1.81. The maximum atomic E-state index is 12.3. The fourth-order valence-corrected chi connectivity index (χ4v) is 2.07. The molecule has 0 aromatic rings. The molecule has 9 nitrogen and oxygen atoms in total. The van der Waals surface area contributed by atoms with Gasteiger partial charge in [-0.15, -0.1) is 0 Å². The Morgan fingerprint density at radius 1 is 1.00 bits per heavy atom. The number of nitrogens with two attached hydrogens (primary N) is 1. The molecule has 10 heteroatoms. The maximum Gasteiger partial charge on any atom is 0.327 e. The number of carbonyl (C=O) groups excluding carboxylic acids is 3. The van der Waals surface area contributed by atoms with Gasteiger partial charge in [-0.1, -0.05) is 13.8 Å². The lowest BCUT2D eigenvalue weighted by atomic mass is 10.0. The lowest BCUT2D eigenvalue weighted by Gasteiger charge is -2.23. The van der Waals surface area contributed by atoms with Gasteiger partial charge < -0.3 is 26.8 Å². The van der Waals surface area contributed by atoms with E-state index in [4.69, 9.17) is 10.8 Å². The predicted molar refractivity (Wildman–Crippen MR) is 91.5 cm³/mol. The highest BCUT2D eigenvalue weighted by Gasteiger charge is 2.26. The molecule has 0 heterocycles. The van der Waals surface area contributed by atoms with Crippen molar-refractivity contribution >= 4 is 36.3 Å².